The third kappa shape index (κ3) is 66.3. The molecule has 0 saturated heterocycles. The molecule has 0 rings (SSSR count). The van der Waals surface area contributed by atoms with Crippen molar-refractivity contribution in [1.29, 1.82) is 0 Å². The van der Waals surface area contributed by atoms with E-state index in [9.17, 15) is 0 Å². The van der Waals surface area contributed by atoms with Gasteiger partial charge in [-0.2, -0.15) is 6.92 Å². The molecule has 0 fully saturated rings. The predicted molar refractivity (Wildman–Crippen MR) is 73.6 cm³/mol. The quantitative estimate of drug-likeness (QED) is 0.539. The maximum absolute atomic E-state index is 2.25. The Hall–Kier alpha value is 1.60. The third-order valence-electron chi connectivity index (χ3n) is 1.03. The van der Waals surface area contributed by atoms with E-state index in [1.54, 1.807) is 0 Å². The summed E-state index contributed by atoms with van der Waals surface area (Å²) in [6.45, 7) is 18.5. The summed E-state index contributed by atoms with van der Waals surface area (Å²) in [5.74, 6) is 0. The topological polar surface area (TPSA) is 3.24 Å². The van der Waals surface area contributed by atoms with E-state index < -0.39 is 0 Å². The summed E-state index contributed by atoms with van der Waals surface area (Å²) >= 11 is 0. The molecule has 0 spiro atoms. The Morgan fingerprint density at radius 1 is 0.933 bits per heavy atom. The van der Waals surface area contributed by atoms with Gasteiger partial charge in [0.05, 0.1) is 0 Å². The smallest absolute Gasteiger partial charge is 0.358 e. The monoisotopic (exact) mass is 244 g/mol. The molecule has 2 heteroatoms. The molecule has 0 aliphatic rings. The van der Waals surface area contributed by atoms with Gasteiger partial charge in [0, 0.05) is 0 Å². The Morgan fingerprint density at radius 3 is 1.27 bits per heavy atom. The Kier molecular flexibility index (Phi) is 138. The van der Waals surface area contributed by atoms with Gasteiger partial charge < -0.3 is 18.7 Å². The number of rotatable bonds is 3. The van der Waals surface area contributed by atoms with E-state index in [4.69, 9.17) is 0 Å². The molecule has 0 radical (unpaired) electrons. The van der Waals surface area contributed by atoms with Crippen molar-refractivity contribution in [3.8, 4) is 0 Å². The second-order valence-electron chi connectivity index (χ2n) is 1.76. The molecule has 0 heterocycles. The van der Waals surface area contributed by atoms with Crippen LogP contribution in [-0.2, 0) is 0 Å². The van der Waals surface area contributed by atoms with E-state index in [-0.39, 0.29) is 58.8 Å². The van der Waals surface area contributed by atoms with E-state index in [2.05, 4.69) is 32.2 Å². The van der Waals surface area contributed by atoms with Crippen LogP contribution in [0.4, 0.5) is 0 Å². The van der Waals surface area contributed by atoms with Gasteiger partial charge in [-0.15, -0.1) is 6.54 Å². The zero-order valence-corrected chi connectivity index (χ0v) is 16.6. The molecular formula is C13H35KN-. The number of hydrogen-bond donors (Lipinski definition) is 0. The van der Waals surface area contributed by atoms with Crippen LogP contribution in [0.3, 0.4) is 0 Å². The summed E-state index contributed by atoms with van der Waals surface area (Å²) in [5, 5.41) is 0. The van der Waals surface area contributed by atoms with Crippen molar-refractivity contribution >= 4 is 0 Å². The molecule has 15 heavy (non-hydrogen) atoms. The van der Waals surface area contributed by atoms with Gasteiger partial charge in [-0.25, -0.2) is 0 Å². The normalized spacial score (nSPS) is 6.00. The Labute approximate surface area is 144 Å². The second kappa shape index (κ2) is 57.6. The van der Waals surface area contributed by atoms with Gasteiger partial charge in [-0.3, -0.25) is 0 Å². The average molecular weight is 245 g/mol. The van der Waals surface area contributed by atoms with Crippen molar-refractivity contribution in [1.82, 2.24) is 4.90 Å². The van der Waals surface area contributed by atoms with E-state index in [0.29, 0.717) is 0 Å². The van der Waals surface area contributed by atoms with Crippen LogP contribution in [0.1, 0.15) is 55.4 Å². The molecule has 0 amide bonds. The van der Waals surface area contributed by atoms with Crippen LogP contribution in [-0.4, -0.2) is 25.0 Å². The molecule has 94 valence electrons. The summed E-state index contributed by atoms with van der Waals surface area (Å²) in [7, 11) is 2.11. The van der Waals surface area contributed by atoms with Crippen molar-refractivity contribution in [3.05, 3.63) is 13.8 Å². The average Bonchev–Trinajstić information content (AvgIpc) is 2.27. The van der Waals surface area contributed by atoms with Crippen LogP contribution in [0.2, 0.25) is 0 Å². The van der Waals surface area contributed by atoms with E-state index in [1.165, 1.54) is 0 Å². The minimum atomic E-state index is 0. The summed E-state index contributed by atoms with van der Waals surface area (Å²) in [5.41, 5.74) is 0. The second-order valence-corrected chi connectivity index (χ2v) is 1.76. The van der Waals surface area contributed by atoms with E-state index in [1.807, 2.05) is 41.5 Å². The minimum Gasteiger partial charge on any atom is -0.358 e. The fraction of sp³-hybridized carbons (Fsp3) is 0.846. The molecule has 1 nitrogen and oxygen atoms in total. The summed E-state index contributed by atoms with van der Waals surface area (Å²) in [4.78, 5) is 2.25. The first-order valence-electron chi connectivity index (χ1n) is 5.77. The van der Waals surface area contributed by atoms with Crippen molar-refractivity contribution in [2.75, 3.05) is 20.1 Å². The molecule has 0 aromatic carbocycles. The first-order valence-corrected chi connectivity index (χ1v) is 5.77. The zero-order valence-electron chi connectivity index (χ0n) is 13.4. The molecule has 0 aliphatic heterocycles. The summed E-state index contributed by atoms with van der Waals surface area (Å²) < 4.78 is 0. The van der Waals surface area contributed by atoms with Gasteiger partial charge >= 0.3 is 51.4 Å². The Balaban J connectivity index is -0.0000000221. The molecule has 0 bridgehead atoms. The van der Waals surface area contributed by atoms with Crippen LogP contribution >= 0.6 is 0 Å². The Bertz CT molecular complexity index is 41.5. The first-order chi connectivity index (χ1) is 6.31. The molecule has 0 unspecified atom stereocenters. The van der Waals surface area contributed by atoms with Gasteiger partial charge in [-0.05, 0) is 13.6 Å². The molecule has 0 N–H and O–H groups in total. The van der Waals surface area contributed by atoms with Crippen LogP contribution in [0.15, 0.2) is 0 Å². The van der Waals surface area contributed by atoms with Gasteiger partial charge in [0.15, 0.2) is 0 Å². The summed E-state index contributed by atoms with van der Waals surface area (Å²) in [6, 6.07) is 0. The van der Waals surface area contributed by atoms with Gasteiger partial charge in [-0.1, -0.05) is 48.5 Å². The van der Waals surface area contributed by atoms with Crippen molar-refractivity contribution < 1.29 is 51.4 Å². The molecule has 0 saturated carbocycles. The van der Waals surface area contributed by atoms with Gasteiger partial charge in [0.25, 0.3) is 0 Å². The van der Waals surface area contributed by atoms with Crippen LogP contribution in [0.25, 0.3) is 0 Å². The summed E-state index contributed by atoms with van der Waals surface area (Å²) in [6.07, 6.45) is 2.16. The van der Waals surface area contributed by atoms with Crippen LogP contribution in [0.5, 0.6) is 0 Å². The van der Waals surface area contributed by atoms with Gasteiger partial charge in [0.2, 0.25) is 0 Å². The van der Waals surface area contributed by atoms with E-state index >= 15 is 0 Å². The first kappa shape index (κ1) is 36.0. The fourth-order valence-electron chi connectivity index (χ4n) is 0.441. The van der Waals surface area contributed by atoms with Crippen molar-refractivity contribution in [2.45, 2.75) is 55.4 Å². The van der Waals surface area contributed by atoms with E-state index in [0.717, 1.165) is 13.1 Å². The maximum Gasteiger partial charge on any atom is 1.00 e. The molecule has 0 atom stereocenters. The largest absolute Gasteiger partial charge is 1.00 e. The van der Waals surface area contributed by atoms with Crippen molar-refractivity contribution in [2.24, 2.45) is 0 Å². The molecule has 0 aromatic heterocycles. The molecular weight excluding hydrogens is 209 g/mol. The van der Waals surface area contributed by atoms with Crippen LogP contribution in [0, 0.1) is 13.8 Å². The fourth-order valence-corrected chi connectivity index (χ4v) is 0.441. The van der Waals surface area contributed by atoms with Gasteiger partial charge in [0.1, 0.15) is 0 Å². The maximum atomic E-state index is 2.25. The number of hydrogen-bond acceptors (Lipinski definition) is 1. The van der Waals surface area contributed by atoms with Crippen molar-refractivity contribution in [3.63, 3.8) is 0 Å². The predicted octanol–water partition coefficient (Wildman–Crippen LogP) is 1.70. The molecule has 0 aromatic rings. The third-order valence-corrected chi connectivity index (χ3v) is 1.03. The van der Waals surface area contributed by atoms with Crippen LogP contribution < -0.4 is 51.4 Å². The number of nitrogens with zero attached hydrogens (tertiary/aromatic N) is 1. The minimum absolute atomic E-state index is 0. The SMILES string of the molecule is CC.CC.CC.C[CH-]CN(C)CC.[CH3-].[K+]. The zero-order chi connectivity index (χ0) is 11.7. The molecule has 0 aliphatic carbocycles. The standard InChI is InChI=1S/C6H14N.3C2H6.CH3.K/c1-4-6-7(3)5-2;3*1-2;;/h4H,5-6H2,1-3H3;3*1-2H3;1H3;/q-1;;;;-1;+1. The Morgan fingerprint density at radius 2 is 1.20 bits per heavy atom.